The highest BCUT2D eigenvalue weighted by Crippen LogP contribution is 2.59. The molecular formula is C27H30O6. The Kier molecular flexibility index (Phi) is 6.00. The first-order valence-electron chi connectivity index (χ1n) is 11.8. The van der Waals surface area contributed by atoms with E-state index < -0.39 is 24.1 Å². The fourth-order valence-corrected chi connectivity index (χ4v) is 6.35. The van der Waals surface area contributed by atoms with Gasteiger partial charge in [-0.15, -0.1) is 0 Å². The second-order valence-electron chi connectivity index (χ2n) is 9.38. The van der Waals surface area contributed by atoms with E-state index in [4.69, 9.17) is 18.9 Å². The van der Waals surface area contributed by atoms with E-state index in [1.54, 1.807) is 62.8 Å². The van der Waals surface area contributed by atoms with Crippen molar-refractivity contribution in [3.05, 3.63) is 59.7 Å². The van der Waals surface area contributed by atoms with Crippen LogP contribution in [0.25, 0.3) is 0 Å². The largest absolute Gasteiger partial charge is 0.497 e. The highest BCUT2D eigenvalue weighted by Gasteiger charge is 2.61. The molecule has 3 fully saturated rings. The maximum Gasteiger partial charge on any atom is 0.338 e. The third-order valence-corrected chi connectivity index (χ3v) is 7.78. The Balaban J connectivity index is 1.39. The van der Waals surface area contributed by atoms with Crippen LogP contribution in [0.1, 0.15) is 52.8 Å². The van der Waals surface area contributed by atoms with Crippen molar-refractivity contribution in [2.75, 3.05) is 14.2 Å². The second kappa shape index (κ2) is 9.08. The van der Waals surface area contributed by atoms with Gasteiger partial charge in [-0.3, -0.25) is 0 Å². The number of hydrogen-bond acceptors (Lipinski definition) is 6. The molecule has 0 spiro atoms. The molecule has 6 heteroatoms. The van der Waals surface area contributed by atoms with E-state index in [1.165, 1.54) is 12.8 Å². The second-order valence-corrected chi connectivity index (χ2v) is 9.38. The summed E-state index contributed by atoms with van der Waals surface area (Å²) in [7, 11) is 3.13. The molecule has 5 rings (SSSR count). The van der Waals surface area contributed by atoms with Gasteiger partial charge >= 0.3 is 11.9 Å². The third-order valence-electron chi connectivity index (χ3n) is 7.78. The minimum atomic E-state index is -0.428. The van der Waals surface area contributed by atoms with E-state index >= 15 is 0 Å². The first-order chi connectivity index (χ1) is 16.1. The molecule has 3 saturated carbocycles. The number of carbonyl (C=O) groups is 2. The third kappa shape index (κ3) is 4.07. The van der Waals surface area contributed by atoms with Gasteiger partial charge < -0.3 is 18.9 Å². The van der Waals surface area contributed by atoms with Gasteiger partial charge in [0.2, 0.25) is 0 Å². The van der Waals surface area contributed by atoms with Crippen LogP contribution in [-0.4, -0.2) is 38.4 Å². The molecule has 174 valence electrons. The molecule has 2 bridgehead atoms. The Bertz CT molecular complexity index is 951. The van der Waals surface area contributed by atoms with Crippen molar-refractivity contribution >= 4 is 11.9 Å². The Labute approximate surface area is 194 Å². The van der Waals surface area contributed by atoms with Crippen LogP contribution in [0, 0.1) is 23.7 Å². The fourth-order valence-electron chi connectivity index (χ4n) is 6.35. The quantitative estimate of drug-likeness (QED) is 0.583. The maximum absolute atomic E-state index is 13.1. The van der Waals surface area contributed by atoms with Crippen molar-refractivity contribution in [2.45, 2.75) is 44.3 Å². The van der Waals surface area contributed by atoms with Crippen LogP contribution in [0.4, 0.5) is 0 Å². The van der Waals surface area contributed by atoms with Crippen LogP contribution in [0.5, 0.6) is 11.5 Å². The summed E-state index contributed by atoms with van der Waals surface area (Å²) in [5, 5.41) is 0. The number of ether oxygens (including phenoxy) is 4. The number of esters is 2. The van der Waals surface area contributed by atoms with Crippen LogP contribution in [0.2, 0.25) is 0 Å². The van der Waals surface area contributed by atoms with Crippen molar-refractivity contribution in [1.82, 2.24) is 0 Å². The van der Waals surface area contributed by atoms with Gasteiger partial charge in [-0.1, -0.05) is 25.0 Å². The molecule has 0 aromatic heterocycles. The molecule has 6 nitrogen and oxygen atoms in total. The molecule has 0 aliphatic heterocycles. The van der Waals surface area contributed by atoms with Crippen LogP contribution in [-0.2, 0) is 9.47 Å². The molecule has 0 heterocycles. The van der Waals surface area contributed by atoms with E-state index in [-0.39, 0.29) is 11.8 Å². The van der Waals surface area contributed by atoms with E-state index in [9.17, 15) is 9.59 Å². The van der Waals surface area contributed by atoms with E-state index in [1.807, 2.05) is 0 Å². The zero-order valence-corrected chi connectivity index (χ0v) is 19.1. The molecule has 0 radical (unpaired) electrons. The highest BCUT2D eigenvalue weighted by atomic mass is 16.6. The molecule has 0 amide bonds. The number of hydrogen-bond donors (Lipinski definition) is 0. The van der Waals surface area contributed by atoms with Gasteiger partial charge in [0.05, 0.1) is 25.3 Å². The monoisotopic (exact) mass is 450 g/mol. The molecule has 6 atom stereocenters. The SMILES string of the molecule is COc1cccc(C(=O)OC2C3CC(C4CCCCC43)C2OC(=O)c2cccc(OC)c2)c1. The first-order valence-corrected chi connectivity index (χ1v) is 11.8. The van der Waals surface area contributed by atoms with Gasteiger partial charge in [0.25, 0.3) is 0 Å². The standard InChI is InChI=1S/C27H30O6/c1-30-18-9-5-7-16(13-18)26(28)32-24-22-15-23(21-12-4-3-11-20(21)22)25(24)33-27(29)17-8-6-10-19(14-17)31-2/h5-10,13-14,20-25H,3-4,11-12,15H2,1-2H3. The number of carbonyl (C=O) groups excluding carboxylic acids is 2. The lowest BCUT2D eigenvalue weighted by atomic mass is 9.69. The summed E-state index contributed by atoms with van der Waals surface area (Å²) in [6.45, 7) is 0. The van der Waals surface area contributed by atoms with Crippen LogP contribution in [0.15, 0.2) is 48.5 Å². The van der Waals surface area contributed by atoms with E-state index in [0.717, 1.165) is 19.3 Å². The summed E-state index contributed by atoms with van der Waals surface area (Å²) < 4.78 is 22.7. The normalized spacial score (nSPS) is 29.8. The average molecular weight is 451 g/mol. The summed E-state index contributed by atoms with van der Waals surface area (Å²) in [4.78, 5) is 26.1. The van der Waals surface area contributed by atoms with Crippen molar-refractivity contribution in [3.8, 4) is 11.5 Å². The number of fused-ring (bicyclic) bond motifs is 5. The Morgan fingerprint density at radius 2 is 1.15 bits per heavy atom. The Morgan fingerprint density at radius 3 is 1.58 bits per heavy atom. The van der Waals surface area contributed by atoms with Crippen molar-refractivity contribution in [3.63, 3.8) is 0 Å². The molecule has 3 aliphatic rings. The van der Waals surface area contributed by atoms with E-state index in [2.05, 4.69) is 0 Å². The molecule has 6 unspecified atom stereocenters. The zero-order chi connectivity index (χ0) is 22.9. The molecular weight excluding hydrogens is 420 g/mol. The van der Waals surface area contributed by atoms with Gasteiger partial charge in [0.1, 0.15) is 23.7 Å². The molecule has 0 N–H and O–H groups in total. The summed E-state index contributed by atoms with van der Waals surface area (Å²) in [6, 6.07) is 13.9. The lowest BCUT2D eigenvalue weighted by Gasteiger charge is -2.42. The van der Waals surface area contributed by atoms with Gasteiger partial charge in [0.15, 0.2) is 0 Å². The predicted octanol–water partition coefficient (Wildman–Crippen LogP) is 4.91. The maximum atomic E-state index is 13.1. The summed E-state index contributed by atoms with van der Waals surface area (Å²) in [5.74, 6) is 1.95. The summed E-state index contributed by atoms with van der Waals surface area (Å²) in [6.07, 6.45) is 4.85. The van der Waals surface area contributed by atoms with Crippen molar-refractivity contribution in [2.24, 2.45) is 23.7 Å². The molecule has 0 saturated heterocycles. The number of benzene rings is 2. The average Bonchev–Trinajstić information content (AvgIpc) is 3.41. The highest BCUT2D eigenvalue weighted by molar-refractivity contribution is 5.91. The van der Waals surface area contributed by atoms with Crippen LogP contribution >= 0.6 is 0 Å². The minimum absolute atomic E-state index is 0.234. The van der Waals surface area contributed by atoms with Crippen LogP contribution < -0.4 is 9.47 Å². The Hall–Kier alpha value is -3.02. The first kappa shape index (κ1) is 21.8. The molecule has 2 aromatic carbocycles. The zero-order valence-electron chi connectivity index (χ0n) is 19.1. The predicted molar refractivity (Wildman–Crippen MR) is 121 cm³/mol. The van der Waals surface area contributed by atoms with Crippen molar-refractivity contribution in [1.29, 1.82) is 0 Å². The number of methoxy groups -OCH3 is 2. The smallest absolute Gasteiger partial charge is 0.338 e. The van der Waals surface area contributed by atoms with Gasteiger partial charge in [-0.25, -0.2) is 9.59 Å². The lowest BCUT2D eigenvalue weighted by Crippen LogP contribution is -2.47. The summed E-state index contributed by atoms with van der Waals surface area (Å²) >= 11 is 0. The molecule has 33 heavy (non-hydrogen) atoms. The molecule has 2 aromatic rings. The Morgan fingerprint density at radius 1 is 0.697 bits per heavy atom. The molecule has 3 aliphatic carbocycles. The summed E-state index contributed by atoms with van der Waals surface area (Å²) in [5.41, 5.74) is 0.880. The van der Waals surface area contributed by atoms with Gasteiger partial charge in [0, 0.05) is 11.8 Å². The fraction of sp³-hybridized carbons (Fsp3) is 0.481. The minimum Gasteiger partial charge on any atom is -0.497 e. The van der Waals surface area contributed by atoms with Gasteiger partial charge in [-0.05, 0) is 67.5 Å². The van der Waals surface area contributed by atoms with Gasteiger partial charge in [-0.2, -0.15) is 0 Å². The topological polar surface area (TPSA) is 71.1 Å². The van der Waals surface area contributed by atoms with E-state index in [0.29, 0.717) is 34.5 Å². The van der Waals surface area contributed by atoms with Crippen molar-refractivity contribution < 1.29 is 28.5 Å². The number of rotatable bonds is 6. The lowest BCUT2D eigenvalue weighted by molar-refractivity contribution is -0.0872. The van der Waals surface area contributed by atoms with Crippen LogP contribution in [0.3, 0.4) is 0 Å².